The van der Waals surface area contributed by atoms with Crippen molar-refractivity contribution in [1.82, 2.24) is 0 Å². The van der Waals surface area contributed by atoms with Crippen LogP contribution in [0.3, 0.4) is 0 Å². The fraction of sp³-hybridized carbons (Fsp3) is 0.160. The Hall–Kier alpha value is -3.10. The van der Waals surface area contributed by atoms with Crippen molar-refractivity contribution in [2.45, 2.75) is 18.8 Å². The Morgan fingerprint density at radius 3 is 2.30 bits per heavy atom. The zero-order chi connectivity index (χ0) is 23.0. The van der Waals surface area contributed by atoms with E-state index >= 15 is 0 Å². The van der Waals surface area contributed by atoms with E-state index in [4.69, 9.17) is 14.9 Å². The predicted molar refractivity (Wildman–Crippen MR) is 138 cm³/mol. The minimum Gasteiger partial charge on any atom is -0.461 e. The summed E-state index contributed by atoms with van der Waals surface area (Å²) < 4.78 is 6.29. The molecule has 0 unspecified atom stereocenters. The zero-order valence-corrected chi connectivity index (χ0v) is 20.5. The van der Waals surface area contributed by atoms with Crippen molar-refractivity contribution in [3.05, 3.63) is 94.5 Å². The van der Waals surface area contributed by atoms with Crippen molar-refractivity contribution in [2.75, 3.05) is 16.6 Å². The summed E-state index contributed by atoms with van der Waals surface area (Å²) in [5.74, 6) is -0.446. The van der Waals surface area contributed by atoms with Gasteiger partial charge >= 0.3 is 5.97 Å². The second-order valence-corrected chi connectivity index (χ2v) is 9.58. The predicted octanol–water partition coefficient (Wildman–Crippen LogP) is 5.93. The first-order chi connectivity index (χ1) is 16.0. The van der Waals surface area contributed by atoms with Gasteiger partial charge in [0.25, 0.3) is 0 Å². The summed E-state index contributed by atoms with van der Waals surface area (Å²) in [6.45, 7) is 4.07. The number of hydrazone groups is 2. The lowest BCUT2D eigenvalue weighted by molar-refractivity contribution is -0.134. The maximum absolute atomic E-state index is 12.9. The van der Waals surface area contributed by atoms with Crippen LogP contribution in [0.5, 0.6) is 0 Å². The molecule has 6 nitrogen and oxygen atoms in total. The molecule has 2 aliphatic heterocycles. The first kappa shape index (κ1) is 21.7. The van der Waals surface area contributed by atoms with Gasteiger partial charge in [0.2, 0.25) is 10.0 Å². The van der Waals surface area contributed by atoms with Gasteiger partial charge in [-0.15, -0.1) is 0 Å². The summed E-state index contributed by atoms with van der Waals surface area (Å²) in [5, 5.41) is 13.9. The molecule has 2 aliphatic rings. The molecule has 1 spiro atoms. The minimum atomic E-state index is -0.951. The van der Waals surface area contributed by atoms with Gasteiger partial charge < -0.3 is 4.74 Å². The van der Waals surface area contributed by atoms with Crippen molar-refractivity contribution < 1.29 is 9.53 Å². The maximum Gasteiger partial charge on any atom is 0.365 e. The number of fused-ring (bicyclic) bond motifs is 2. The van der Waals surface area contributed by atoms with Crippen LogP contribution in [0, 0.1) is 0 Å². The minimum absolute atomic E-state index is 0.278. The van der Waals surface area contributed by atoms with E-state index < -0.39 is 11.0 Å². The standard InChI is InChI=1S/C25H21BrN4O2S/c1-3-32-24(31)23-28-30(20-15-13-18(26)14-16-20)25(33-23)22-12-8-7-11-21(22)17(2)27-29(25)19-9-5-4-6-10-19/h4-16H,3H2,1-2H3/t25-/m1/s1. The van der Waals surface area contributed by atoms with Gasteiger partial charge in [-0.2, -0.15) is 10.2 Å². The van der Waals surface area contributed by atoms with Gasteiger partial charge in [0.05, 0.1) is 23.7 Å². The molecule has 0 amide bonds. The van der Waals surface area contributed by atoms with Crippen LogP contribution >= 0.6 is 27.7 Å². The molecule has 166 valence electrons. The molecule has 2 heterocycles. The monoisotopic (exact) mass is 520 g/mol. The number of ether oxygens (including phenoxy) is 1. The Balaban J connectivity index is 1.78. The van der Waals surface area contributed by atoms with Gasteiger partial charge in [-0.3, -0.25) is 0 Å². The van der Waals surface area contributed by atoms with Crippen LogP contribution in [-0.4, -0.2) is 23.3 Å². The van der Waals surface area contributed by atoms with Crippen LogP contribution in [-0.2, 0) is 14.5 Å². The van der Waals surface area contributed by atoms with E-state index in [-0.39, 0.29) is 11.7 Å². The molecule has 3 aromatic carbocycles. The van der Waals surface area contributed by atoms with Crippen molar-refractivity contribution in [2.24, 2.45) is 10.2 Å². The molecule has 0 radical (unpaired) electrons. The number of nitrogens with zero attached hydrogens (tertiary/aromatic N) is 4. The molecule has 0 aromatic heterocycles. The number of carbonyl (C=O) groups is 1. The van der Waals surface area contributed by atoms with Crippen LogP contribution in [0.25, 0.3) is 0 Å². The van der Waals surface area contributed by atoms with Gasteiger partial charge in [0, 0.05) is 15.6 Å². The number of rotatable bonds is 4. The smallest absolute Gasteiger partial charge is 0.365 e. The van der Waals surface area contributed by atoms with E-state index in [9.17, 15) is 4.79 Å². The van der Waals surface area contributed by atoms with Gasteiger partial charge in [0.1, 0.15) is 0 Å². The van der Waals surface area contributed by atoms with Gasteiger partial charge in [-0.05, 0) is 62.0 Å². The maximum atomic E-state index is 12.9. The third-order valence-corrected chi connectivity index (χ3v) is 7.26. The highest BCUT2D eigenvalue weighted by Gasteiger charge is 2.56. The topological polar surface area (TPSA) is 57.5 Å². The molecule has 0 fully saturated rings. The summed E-state index contributed by atoms with van der Waals surface area (Å²) in [5.41, 5.74) is 4.62. The van der Waals surface area contributed by atoms with E-state index in [1.165, 1.54) is 11.8 Å². The fourth-order valence-corrected chi connectivity index (χ4v) is 5.57. The van der Waals surface area contributed by atoms with Gasteiger partial charge in [-0.1, -0.05) is 58.4 Å². The number of esters is 1. The molecule has 3 aromatic rings. The highest BCUT2D eigenvalue weighted by molar-refractivity contribution is 9.10. The highest BCUT2D eigenvalue weighted by atomic mass is 79.9. The largest absolute Gasteiger partial charge is 0.461 e. The molecule has 0 bridgehead atoms. The number of carbonyl (C=O) groups excluding carboxylic acids is 1. The normalized spacial score (nSPS) is 19.2. The average Bonchev–Trinajstić information content (AvgIpc) is 3.24. The molecule has 8 heteroatoms. The summed E-state index contributed by atoms with van der Waals surface area (Å²) in [4.78, 5) is 11.9. The van der Waals surface area contributed by atoms with E-state index in [2.05, 4.69) is 28.1 Å². The molecule has 0 saturated heterocycles. The number of hydrogen-bond acceptors (Lipinski definition) is 7. The third-order valence-electron chi connectivity index (χ3n) is 5.44. The lowest BCUT2D eigenvalue weighted by atomic mass is 9.98. The first-order valence-electron chi connectivity index (χ1n) is 10.6. The first-order valence-corrected chi connectivity index (χ1v) is 12.2. The molecular formula is C25H21BrN4O2S. The molecular weight excluding hydrogens is 500 g/mol. The third kappa shape index (κ3) is 3.63. The number of hydrogen-bond donors (Lipinski definition) is 0. The highest BCUT2D eigenvalue weighted by Crippen LogP contribution is 2.54. The van der Waals surface area contributed by atoms with Crippen molar-refractivity contribution >= 4 is 55.8 Å². The Bertz CT molecular complexity index is 1260. The van der Waals surface area contributed by atoms with Crippen molar-refractivity contribution in [1.29, 1.82) is 0 Å². The number of halogens is 1. The van der Waals surface area contributed by atoms with E-state index in [0.29, 0.717) is 0 Å². The molecule has 0 N–H and O–H groups in total. The van der Waals surface area contributed by atoms with Crippen LogP contribution < -0.4 is 10.0 Å². The second kappa shape index (κ2) is 8.68. The zero-order valence-electron chi connectivity index (χ0n) is 18.1. The Morgan fingerprint density at radius 1 is 0.939 bits per heavy atom. The quantitative estimate of drug-likeness (QED) is 0.398. The van der Waals surface area contributed by atoms with Gasteiger partial charge in [0.15, 0.2) is 0 Å². The summed E-state index contributed by atoms with van der Waals surface area (Å²) in [6.07, 6.45) is 0. The van der Waals surface area contributed by atoms with E-state index in [1.54, 1.807) is 6.92 Å². The van der Waals surface area contributed by atoms with E-state index in [0.717, 1.165) is 32.7 Å². The lowest BCUT2D eigenvalue weighted by Crippen LogP contribution is -2.53. The SMILES string of the molecule is CCOC(=O)C1=NN(c2ccc(Br)cc2)[C@@]2(S1)c1ccccc1C(C)=NN2c1ccccc1. The second-order valence-electron chi connectivity index (χ2n) is 7.50. The van der Waals surface area contributed by atoms with Crippen molar-refractivity contribution in [3.8, 4) is 0 Å². The lowest BCUT2D eigenvalue weighted by Gasteiger charge is -2.46. The molecule has 0 aliphatic carbocycles. The van der Waals surface area contributed by atoms with Crippen LogP contribution in [0.2, 0.25) is 0 Å². The number of thioether (sulfide) groups is 1. The summed E-state index contributed by atoms with van der Waals surface area (Å²) >= 11 is 4.86. The summed E-state index contributed by atoms with van der Waals surface area (Å²) in [6, 6.07) is 25.9. The number of anilines is 2. The fourth-order valence-electron chi connectivity index (χ4n) is 4.02. The van der Waals surface area contributed by atoms with E-state index in [1.807, 2.05) is 83.7 Å². The Morgan fingerprint density at radius 2 is 1.58 bits per heavy atom. The Kier molecular flexibility index (Phi) is 5.72. The molecule has 5 rings (SSSR count). The number of para-hydroxylation sites is 1. The Labute approximate surface area is 205 Å². The molecule has 1 atom stereocenters. The average molecular weight is 521 g/mol. The van der Waals surface area contributed by atoms with Crippen LogP contribution in [0.4, 0.5) is 11.4 Å². The molecule has 33 heavy (non-hydrogen) atoms. The van der Waals surface area contributed by atoms with Gasteiger partial charge in [-0.25, -0.2) is 14.8 Å². The molecule has 0 saturated carbocycles. The summed E-state index contributed by atoms with van der Waals surface area (Å²) in [7, 11) is 0. The number of benzene rings is 3. The van der Waals surface area contributed by atoms with Crippen LogP contribution in [0.1, 0.15) is 25.0 Å². The van der Waals surface area contributed by atoms with Crippen LogP contribution in [0.15, 0.2) is 93.5 Å². The van der Waals surface area contributed by atoms with Crippen molar-refractivity contribution in [3.63, 3.8) is 0 Å².